The Morgan fingerprint density at radius 1 is 1.38 bits per heavy atom. The van der Waals surface area contributed by atoms with Crippen LogP contribution in [0.3, 0.4) is 0 Å². The first-order chi connectivity index (χ1) is 7.52. The van der Waals surface area contributed by atoms with Crippen LogP contribution in [0.25, 0.3) is 0 Å². The van der Waals surface area contributed by atoms with E-state index in [2.05, 4.69) is 0 Å². The van der Waals surface area contributed by atoms with E-state index < -0.39 is 5.41 Å². The van der Waals surface area contributed by atoms with Crippen LogP contribution in [-0.2, 0) is 10.2 Å². The summed E-state index contributed by atoms with van der Waals surface area (Å²) in [6, 6.07) is 5.82. The summed E-state index contributed by atoms with van der Waals surface area (Å²) in [6.07, 6.45) is 0. The Hall–Kier alpha value is -1.51. The zero-order valence-electron chi connectivity index (χ0n) is 10.2. The van der Waals surface area contributed by atoms with Gasteiger partial charge in [-0.3, -0.25) is 4.79 Å². The SMILES string of the molecule is CCN1C(=O)C(C)(C)c2cc(OC)ccc21. The first kappa shape index (κ1) is 11.0. The Balaban J connectivity index is 2.60. The van der Waals surface area contributed by atoms with Crippen LogP contribution < -0.4 is 9.64 Å². The van der Waals surface area contributed by atoms with Crippen molar-refractivity contribution in [3.8, 4) is 5.75 Å². The number of amides is 1. The summed E-state index contributed by atoms with van der Waals surface area (Å²) in [4.78, 5) is 14.0. The number of hydrogen-bond donors (Lipinski definition) is 0. The number of likely N-dealkylation sites (N-methyl/N-ethyl adjacent to an activating group) is 1. The van der Waals surface area contributed by atoms with Crippen LogP contribution in [0.1, 0.15) is 26.3 Å². The molecule has 86 valence electrons. The number of carbonyl (C=O) groups excluding carboxylic acids is 1. The van der Waals surface area contributed by atoms with E-state index in [0.29, 0.717) is 6.54 Å². The highest BCUT2D eigenvalue weighted by Crippen LogP contribution is 2.42. The van der Waals surface area contributed by atoms with Crippen molar-refractivity contribution in [2.75, 3.05) is 18.6 Å². The number of benzene rings is 1. The summed E-state index contributed by atoms with van der Waals surface area (Å²) in [7, 11) is 1.64. The highest BCUT2D eigenvalue weighted by atomic mass is 16.5. The molecule has 0 bridgehead atoms. The average Bonchev–Trinajstić information content (AvgIpc) is 2.47. The van der Waals surface area contributed by atoms with Crippen molar-refractivity contribution in [1.82, 2.24) is 0 Å². The number of methoxy groups -OCH3 is 1. The van der Waals surface area contributed by atoms with Crippen LogP contribution in [-0.4, -0.2) is 19.6 Å². The van der Waals surface area contributed by atoms with E-state index in [1.807, 2.05) is 43.9 Å². The van der Waals surface area contributed by atoms with Gasteiger partial charge in [0, 0.05) is 12.2 Å². The first-order valence-corrected chi connectivity index (χ1v) is 5.53. The summed E-state index contributed by atoms with van der Waals surface area (Å²) >= 11 is 0. The molecular weight excluding hydrogens is 202 g/mol. The molecule has 16 heavy (non-hydrogen) atoms. The van der Waals surface area contributed by atoms with E-state index in [4.69, 9.17) is 4.74 Å². The second-order valence-corrected chi connectivity index (χ2v) is 4.56. The highest BCUT2D eigenvalue weighted by molar-refractivity contribution is 6.07. The van der Waals surface area contributed by atoms with Crippen LogP contribution in [0.4, 0.5) is 5.69 Å². The molecule has 1 aliphatic heterocycles. The Labute approximate surface area is 96.0 Å². The minimum absolute atomic E-state index is 0.165. The van der Waals surface area contributed by atoms with Crippen LogP contribution in [0.15, 0.2) is 18.2 Å². The van der Waals surface area contributed by atoms with Crippen molar-refractivity contribution >= 4 is 11.6 Å². The third-order valence-electron chi connectivity index (χ3n) is 3.26. The van der Waals surface area contributed by atoms with Crippen molar-refractivity contribution in [3.63, 3.8) is 0 Å². The van der Waals surface area contributed by atoms with Crippen molar-refractivity contribution in [2.24, 2.45) is 0 Å². The zero-order valence-corrected chi connectivity index (χ0v) is 10.2. The van der Waals surface area contributed by atoms with Crippen LogP contribution in [0.5, 0.6) is 5.75 Å². The maximum atomic E-state index is 12.2. The highest BCUT2D eigenvalue weighted by Gasteiger charge is 2.43. The molecular formula is C13H17NO2. The fourth-order valence-corrected chi connectivity index (χ4v) is 2.25. The fraction of sp³-hybridized carbons (Fsp3) is 0.462. The summed E-state index contributed by atoms with van der Waals surface area (Å²) in [5.74, 6) is 0.968. The quantitative estimate of drug-likeness (QED) is 0.764. The lowest BCUT2D eigenvalue weighted by molar-refractivity contribution is -0.122. The van der Waals surface area contributed by atoms with Crippen molar-refractivity contribution < 1.29 is 9.53 Å². The molecule has 0 fully saturated rings. The summed E-state index contributed by atoms with van der Waals surface area (Å²) in [6.45, 7) is 6.63. The van der Waals surface area contributed by atoms with Gasteiger partial charge in [0.2, 0.25) is 5.91 Å². The van der Waals surface area contributed by atoms with Gasteiger partial charge in [-0.1, -0.05) is 0 Å². The summed E-state index contributed by atoms with van der Waals surface area (Å²) in [5, 5.41) is 0. The standard InChI is InChI=1S/C13H17NO2/c1-5-14-11-7-6-9(16-4)8-10(11)13(2,3)12(14)15/h6-8H,5H2,1-4H3. The average molecular weight is 219 g/mol. The summed E-state index contributed by atoms with van der Waals surface area (Å²) < 4.78 is 5.21. The minimum Gasteiger partial charge on any atom is -0.497 e. The minimum atomic E-state index is -0.445. The smallest absolute Gasteiger partial charge is 0.237 e. The van der Waals surface area contributed by atoms with E-state index >= 15 is 0 Å². The molecule has 0 atom stereocenters. The maximum absolute atomic E-state index is 12.2. The lowest BCUT2D eigenvalue weighted by atomic mass is 9.86. The van der Waals surface area contributed by atoms with Crippen molar-refractivity contribution in [3.05, 3.63) is 23.8 Å². The molecule has 0 aliphatic carbocycles. The Bertz CT molecular complexity index is 438. The molecule has 0 saturated heterocycles. The van der Waals surface area contributed by atoms with Crippen LogP contribution in [0.2, 0.25) is 0 Å². The maximum Gasteiger partial charge on any atom is 0.237 e. The normalized spacial score (nSPS) is 17.5. The van der Waals surface area contributed by atoms with Gasteiger partial charge in [-0.25, -0.2) is 0 Å². The predicted octanol–water partition coefficient (Wildman–Crippen LogP) is 2.34. The molecule has 0 radical (unpaired) electrons. The van der Waals surface area contributed by atoms with Gasteiger partial charge >= 0.3 is 0 Å². The van der Waals surface area contributed by atoms with E-state index in [-0.39, 0.29) is 5.91 Å². The van der Waals surface area contributed by atoms with E-state index in [1.54, 1.807) is 7.11 Å². The van der Waals surface area contributed by atoms with E-state index in [0.717, 1.165) is 17.0 Å². The number of anilines is 1. The van der Waals surface area contributed by atoms with Crippen LogP contribution in [0, 0.1) is 0 Å². The number of carbonyl (C=O) groups is 1. The van der Waals surface area contributed by atoms with Crippen LogP contribution >= 0.6 is 0 Å². The van der Waals surface area contributed by atoms with Gasteiger partial charge in [0.1, 0.15) is 5.75 Å². The van der Waals surface area contributed by atoms with E-state index in [1.165, 1.54) is 0 Å². The Morgan fingerprint density at radius 2 is 2.06 bits per heavy atom. The number of ether oxygens (including phenoxy) is 1. The molecule has 1 heterocycles. The predicted molar refractivity (Wildman–Crippen MR) is 64.0 cm³/mol. The second kappa shape index (κ2) is 3.51. The van der Waals surface area contributed by atoms with Gasteiger partial charge < -0.3 is 9.64 Å². The fourth-order valence-electron chi connectivity index (χ4n) is 2.25. The molecule has 0 spiro atoms. The number of fused-ring (bicyclic) bond motifs is 1. The molecule has 0 N–H and O–H groups in total. The monoisotopic (exact) mass is 219 g/mol. The van der Waals surface area contributed by atoms with Crippen molar-refractivity contribution in [1.29, 1.82) is 0 Å². The molecule has 1 aromatic rings. The lowest BCUT2D eigenvalue weighted by Crippen LogP contribution is -2.35. The zero-order chi connectivity index (χ0) is 11.9. The Morgan fingerprint density at radius 3 is 2.62 bits per heavy atom. The third-order valence-corrected chi connectivity index (χ3v) is 3.26. The van der Waals surface area contributed by atoms with Crippen molar-refractivity contribution in [2.45, 2.75) is 26.2 Å². The third kappa shape index (κ3) is 1.31. The van der Waals surface area contributed by atoms with Gasteiger partial charge in [-0.05, 0) is 44.5 Å². The Kier molecular flexibility index (Phi) is 2.41. The molecule has 1 aliphatic rings. The van der Waals surface area contributed by atoms with Gasteiger partial charge in [-0.2, -0.15) is 0 Å². The lowest BCUT2D eigenvalue weighted by Gasteiger charge is -2.18. The number of nitrogens with zero attached hydrogens (tertiary/aromatic N) is 1. The van der Waals surface area contributed by atoms with Gasteiger partial charge in [0.25, 0.3) is 0 Å². The van der Waals surface area contributed by atoms with E-state index in [9.17, 15) is 4.79 Å². The molecule has 0 saturated carbocycles. The molecule has 1 aromatic carbocycles. The van der Waals surface area contributed by atoms with Gasteiger partial charge in [0.15, 0.2) is 0 Å². The molecule has 0 aromatic heterocycles. The largest absolute Gasteiger partial charge is 0.497 e. The number of hydrogen-bond acceptors (Lipinski definition) is 2. The number of rotatable bonds is 2. The summed E-state index contributed by atoms with van der Waals surface area (Å²) in [5.41, 5.74) is 1.62. The first-order valence-electron chi connectivity index (χ1n) is 5.53. The topological polar surface area (TPSA) is 29.5 Å². The molecule has 3 nitrogen and oxygen atoms in total. The molecule has 1 amide bonds. The van der Waals surface area contributed by atoms with Gasteiger partial charge in [0.05, 0.1) is 12.5 Å². The van der Waals surface area contributed by atoms with Gasteiger partial charge in [-0.15, -0.1) is 0 Å². The molecule has 2 rings (SSSR count). The molecule has 3 heteroatoms. The molecule has 0 unspecified atom stereocenters. The second-order valence-electron chi connectivity index (χ2n) is 4.56.